The second-order valence-electron chi connectivity index (χ2n) is 4.94. The summed E-state index contributed by atoms with van der Waals surface area (Å²) < 4.78 is 10.9. The Morgan fingerprint density at radius 2 is 2.00 bits per heavy atom. The molecule has 2 rings (SSSR count). The summed E-state index contributed by atoms with van der Waals surface area (Å²) in [6, 6.07) is 5.52. The van der Waals surface area contributed by atoms with Gasteiger partial charge in [-0.3, -0.25) is 4.79 Å². The maximum absolute atomic E-state index is 10.8. The minimum Gasteiger partial charge on any atom is -0.486 e. The molecule has 0 unspecified atom stereocenters. The molecule has 0 bridgehead atoms. The number of benzene rings is 1. The number of carboxylic acid groups (broad SMARTS) is 1. The van der Waals surface area contributed by atoms with Gasteiger partial charge >= 0.3 is 5.97 Å². The number of ether oxygens (including phenoxy) is 2. The van der Waals surface area contributed by atoms with Crippen LogP contribution in [0.25, 0.3) is 0 Å². The van der Waals surface area contributed by atoms with Gasteiger partial charge in [-0.1, -0.05) is 0 Å². The minimum atomic E-state index is -0.829. The summed E-state index contributed by atoms with van der Waals surface area (Å²) in [5.41, 5.74) is 0.306. The van der Waals surface area contributed by atoms with E-state index in [1.54, 1.807) is 0 Å². The zero-order valence-corrected chi connectivity index (χ0v) is 10.5. The third kappa shape index (κ3) is 3.06. The SMILES string of the molecule is CC(C)(CC(=O)O)Nc1ccc2c(c1)OCCO2. The van der Waals surface area contributed by atoms with E-state index in [4.69, 9.17) is 14.6 Å². The third-order valence-electron chi connectivity index (χ3n) is 2.62. The summed E-state index contributed by atoms with van der Waals surface area (Å²) in [6.45, 7) is 4.79. The Morgan fingerprint density at radius 1 is 1.33 bits per heavy atom. The molecule has 98 valence electrons. The van der Waals surface area contributed by atoms with E-state index in [0.29, 0.717) is 19.0 Å². The fourth-order valence-corrected chi connectivity index (χ4v) is 1.93. The average Bonchev–Trinajstić information content (AvgIpc) is 2.26. The lowest BCUT2D eigenvalue weighted by Gasteiger charge is -2.27. The van der Waals surface area contributed by atoms with E-state index in [0.717, 1.165) is 11.4 Å². The first-order valence-electron chi connectivity index (χ1n) is 5.86. The largest absolute Gasteiger partial charge is 0.486 e. The van der Waals surface area contributed by atoms with Crippen molar-refractivity contribution in [3.8, 4) is 11.5 Å². The van der Waals surface area contributed by atoms with E-state index in [1.807, 2.05) is 32.0 Å². The first-order valence-corrected chi connectivity index (χ1v) is 5.86. The molecule has 2 N–H and O–H groups in total. The summed E-state index contributed by atoms with van der Waals surface area (Å²) in [6.07, 6.45) is 0.0431. The van der Waals surface area contributed by atoms with E-state index in [9.17, 15) is 4.79 Å². The van der Waals surface area contributed by atoms with Gasteiger partial charge in [0.2, 0.25) is 0 Å². The standard InChI is InChI=1S/C13H17NO4/c1-13(2,8-12(15)16)14-9-3-4-10-11(7-9)18-6-5-17-10/h3-4,7,14H,5-6,8H2,1-2H3,(H,15,16). The molecule has 1 aliphatic rings. The Labute approximate surface area is 106 Å². The summed E-state index contributed by atoms with van der Waals surface area (Å²) in [5, 5.41) is 12.0. The highest BCUT2D eigenvalue weighted by Gasteiger charge is 2.22. The predicted octanol–water partition coefficient (Wildman–Crippen LogP) is 2.12. The number of nitrogens with one attached hydrogen (secondary N) is 1. The number of aliphatic carboxylic acids is 1. The van der Waals surface area contributed by atoms with Gasteiger partial charge in [0.1, 0.15) is 13.2 Å². The summed E-state index contributed by atoms with van der Waals surface area (Å²) in [7, 11) is 0. The summed E-state index contributed by atoms with van der Waals surface area (Å²) in [5.74, 6) is 0.588. The van der Waals surface area contributed by atoms with Crippen molar-refractivity contribution in [2.24, 2.45) is 0 Å². The second kappa shape index (κ2) is 4.76. The van der Waals surface area contributed by atoms with Crippen molar-refractivity contribution in [3.05, 3.63) is 18.2 Å². The predicted molar refractivity (Wildman–Crippen MR) is 67.4 cm³/mol. The Bertz CT molecular complexity index is 456. The molecular formula is C13H17NO4. The number of hydrogen-bond acceptors (Lipinski definition) is 4. The van der Waals surface area contributed by atoms with Crippen LogP contribution in [0.15, 0.2) is 18.2 Å². The quantitative estimate of drug-likeness (QED) is 0.858. The van der Waals surface area contributed by atoms with Gasteiger partial charge in [-0.25, -0.2) is 0 Å². The zero-order chi connectivity index (χ0) is 13.2. The van der Waals surface area contributed by atoms with Crippen LogP contribution >= 0.6 is 0 Å². The van der Waals surface area contributed by atoms with Gasteiger partial charge in [-0.2, -0.15) is 0 Å². The molecule has 5 nitrogen and oxygen atoms in total. The molecule has 18 heavy (non-hydrogen) atoms. The van der Waals surface area contributed by atoms with Crippen molar-refractivity contribution < 1.29 is 19.4 Å². The van der Waals surface area contributed by atoms with Crippen molar-refractivity contribution in [2.75, 3.05) is 18.5 Å². The first kappa shape index (κ1) is 12.5. The van der Waals surface area contributed by atoms with Gasteiger partial charge in [-0.15, -0.1) is 0 Å². The van der Waals surface area contributed by atoms with Crippen molar-refractivity contribution in [1.29, 1.82) is 0 Å². The normalized spacial score (nSPS) is 14.1. The number of carboxylic acids is 1. The van der Waals surface area contributed by atoms with Crippen LogP contribution in [-0.2, 0) is 4.79 Å². The lowest BCUT2D eigenvalue weighted by atomic mass is 10.0. The van der Waals surface area contributed by atoms with Crippen LogP contribution in [0.1, 0.15) is 20.3 Å². The highest BCUT2D eigenvalue weighted by molar-refractivity contribution is 5.69. The summed E-state index contributed by atoms with van der Waals surface area (Å²) in [4.78, 5) is 10.8. The molecule has 5 heteroatoms. The number of anilines is 1. The van der Waals surface area contributed by atoms with E-state index in [2.05, 4.69) is 5.32 Å². The molecule has 1 aromatic rings. The fraction of sp³-hybridized carbons (Fsp3) is 0.462. The first-order chi connectivity index (χ1) is 8.46. The Kier molecular flexibility index (Phi) is 3.32. The minimum absolute atomic E-state index is 0.0431. The Morgan fingerprint density at radius 3 is 2.67 bits per heavy atom. The molecule has 0 fully saturated rings. The average molecular weight is 251 g/mol. The third-order valence-corrected chi connectivity index (χ3v) is 2.62. The number of hydrogen-bond donors (Lipinski definition) is 2. The number of rotatable bonds is 4. The maximum atomic E-state index is 10.8. The van der Waals surface area contributed by atoms with Gasteiger partial charge in [0, 0.05) is 17.3 Å². The molecule has 1 aliphatic heterocycles. The highest BCUT2D eigenvalue weighted by Crippen LogP contribution is 2.33. The van der Waals surface area contributed by atoms with Crippen molar-refractivity contribution in [1.82, 2.24) is 0 Å². The molecule has 0 saturated heterocycles. The van der Waals surface area contributed by atoms with Crippen LogP contribution in [0.2, 0.25) is 0 Å². The van der Waals surface area contributed by atoms with E-state index < -0.39 is 11.5 Å². The second-order valence-corrected chi connectivity index (χ2v) is 4.94. The number of fused-ring (bicyclic) bond motifs is 1. The lowest BCUT2D eigenvalue weighted by Crippen LogP contribution is -2.33. The van der Waals surface area contributed by atoms with E-state index in [1.165, 1.54) is 0 Å². The maximum Gasteiger partial charge on any atom is 0.305 e. The topological polar surface area (TPSA) is 67.8 Å². The van der Waals surface area contributed by atoms with Gasteiger partial charge in [0.05, 0.1) is 6.42 Å². The van der Waals surface area contributed by atoms with Crippen LogP contribution < -0.4 is 14.8 Å². The van der Waals surface area contributed by atoms with Crippen LogP contribution in [0.5, 0.6) is 11.5 Å². The molecule has 0 spiro atoms. The van der Waals surface area contributed by atoms with E-state index in [-0.39, 0.29) is 6.42 Å². The molecular weight excluding hydrogens is 234 g/mol. The van der Waals surface area contributed by atoms with Crippen LogP contribution in [-0.4, -0.2) is 29.8 Å². The van der Waals surface area contributed by atoms with Crippen molar-refractivity contribution >= 4 is 11.7 Å². The molecule has 0 aromatic heterocycles. The van der Waals surface area contributed by atoms with Crippen LogP contribution in [0, 0.1) is 0 Å². The van der Waals surface area contributed by atoms with Crippen LogP contribution in [0.4, 0.5) is 5.69 Å². The van der Waals surface area contributed by atoms with Crippen molar-refractivity contribution in [2.45, 2.75) is 25.8 Å². The highest BCUT2D eigenvalue weighted by atomic mass is 16.6. The lowest BCUT2D eigenvalue weighted by molar-refractivity contribution is -0.137. The molecule has 1 heterocycles. The molecule has 0 radical (unpaired) electrons. The van der Waals surface area contributed by atoms with Gasteiger partial charge in [-0.05, 0) is 26.0 Å². The van der Waals surface area contributed by atoms with Crippen molar-refractivity contribution in [3.63, 3.8) is 0 Å². The molecule has 0 atom stereocenters. The van der Waals surface area contributed by atoms with E-state index >= 15 is 0 Å². The molecule has 0 amide bonds. The smallest absolute Gasteiger partial charge is 0.305 e. The monoisotopic (exact) mass is 251 g/mol. The van der Waals surface area contributed by atoms with Crippen LogP contribution in [0.3, 0.4) is 0 Å². The van der Waals surface area contributed by atoms with Gasteiger partial charge in [0.15, 0.2) is 11.5 Å². The zero-order valence-electron chi connectivity index (χ0n) is 10.5. The Hall–Kier alpha value is -1.91. The number of carbonyl (C=O) groups is 1. The molecule has 1 aromatic carbocycles. The van der Waals surface area contributed by atoms with Gasteiger partial charge < -0.3 is 19.9 Å². The summed E-state index contributed by atoms with van der Waals surface area (Å²) >= 11 is 0. The molecule has 0 saturated carbocycles. The molecule has 0 aliphatic carbocycles. The fourth-order valence-electron chi connectivity index (χ4n) is 1.93. The van der Waals surface area contributed by atoms with Gasteiger partial charge in [0.25, 0.3) is 0 Å². The Balaban J connectivity index is 2.12.